The lowest BCUT2D eigenvalue weighted by Gasteiger charge is -2.37. The van der Waals surface area contributed by atoms with Crippen molar-refractivity contribution in [3.8, 4) is 0 Å². The first-order valence-electron chi connectivity index (χ1n) is 9.40. The van der Waals surface area contributed by atoms with E-state index in [0.717, 1.165) is 53.6 Å². The molecule has 5 rings (SSSR count). The third-order valence-electron chi connectivity index (χ3n) is 6.06. The number of aromatic amines is 1. The Balaban J connectivity index is 1.37. The number of fused-ring (bicyclic) bond motifs is 3. The standard InChI is InChI=1S/C22H21N3O2/c26-20-16(13-15-5-1-3-7-18(15)23-20)14-25-11-9-22(10-12-25)17-6-2-4-8-19(17)24-21(22)27/h1-8,13H,9-12,14H2,(H,23,26)(H,24,27). The van der Waals surface area contributed by atoms with Gasteiger partial charge in [0.2, 0.25) is 5.91 Å². The van der Waals surface area contributed by atoms with Crippen LogP contribution in [0.15, 0.2) is 59.4 Å². The molecule has 0 radical (unpaired) electrons. The van der Waals surface area contributed by atoms with Crippen molar-refractivity contribution in [2.45, 2.75) is 24.8 Å². The van der Waals surface area contributed by atoms with Crippen LogP contribution in [0.5, 0.6) is 0 Å². The number of carbonyl (C=O) groups excluding carboxylic acids is 1. The zero-order chi connectivity index (χ0) is 18.4. The molecule has 0 saturated carbocycles. The van der Waals surface area contributed by atoms with Gasteiger partial charge in [-0.25, -0.2) is 0 Å². The molecule has 1 aromatic heterocycles. The van der Waals surface area contributed by atoms with E-state index in [9.17, 15) is 9.59 Å². The third-order valence-corrected chi connectivity index (χ3v) is 6.06. The van der Waals surface area contributed by atoms with E-state index < -0.39 is 5.41 Å². The summed E-state index contributed by atoms with van der Waals surface area (Å²) in [7, 11) is 0. The zero-order valence-corrected chi connectivity index (χ0v) is 15.0. The van der Waals surface area contributed by atoms with Crippen LogP contribution in [-0.2, 0) is 16.8 Å². The maximum absolute atomic E-state index is 12.7. The SMILES string of the molecule is O=C1Nc2ccccc2C12CCN(Cc1cc3ccccc3[nH]c1=O)CC2. The first-order chi connectivity index (χ1) is 13.2. The molecule has 0 aliphatic carbocycles. The second-order valence-corrected chi connectivity index (χ2v) is 7.57. The summed E-state index contributed by atoms with van der Waals surface area (Å²) in [6, 6.07) is 17.8. The number of benzene rings is 2. The summed E-state index contributed by atoms with van der Waals surface area (Å²) in [4.78, 5) is 30.4. The molecule has 0 atom stereocenters. The molecular weight excluding hydrogens is 338 g/mol. The van der Waals surface area contributed by atoms with E-state index in [1.807, 2.05) is 48.5 Å². The van der Waals surface area contributed by atoms with Gasteiger partial charge in [0, 0.05) is 23.3 Å². The average Bonchev–Trinajstić information content (AvgIpc) is 2.96. The lowest BCUT2D eigenvalue weighted by Crippen LogP contribution is -2.46. The fraction of sp³-hybridized carbons (Fsp3) is 0.273. The second-order valence-electron chi connectivity index (χ2n) is 7.57. The van der Waals surface area contributed by atoms with Crippen LogP contribution in [0.1, 0.15) is 24.0 Å². The number of rotatable bonds is 2. The Morgan fingerprint density at radius 1 is 0.963 bits per heavy atom. The molecule has 0 bridgehead atoms. The van der Waals surface area contributed by atoms with Crippen molar-refractivity contribution >= 4 is 22.5 Å². The number of H-pyrrole nitrogens is 1. The Morgan fingerprint density at radius 3 is 2.56 bits per heavy atom. The van der Waals surface area contributed by atoms with E-state index in [-0.39, 0.29) is 11.5 Å². The van der Waals surface area contributed by atoms with Crippen LogP contribution in [0.3, 0.4) is 0 Å². The first-order valence-corrected chi connectivity index (χ1v) is 9.40. The van der Waals surface area contributed by atoms with Gasteiger partial charge in [-0.2, -0.15) is 0 Å². The summed E-state index contributed by atoms with van der Waals surface area (Å²) in [5.74, 6) is 0.118. The van der Waals surface area contributed by atoms with E-state index in [1.54, 1.807) is 0 Å². The van der Waals surface area contributed by atoms with Gasteiger partial charge in [0.1, 0.15) is 0 Å². The summed E-state index contributed by atoms with van der Waals surface area (Å²) >= 11 is 0. The lowest BCUT2D eigenvalue weighted by atomic mass is 9.73. The number of nitrogens with zero attached hydrogens (tertiary/aromatic N) is 1. The molecule has 2 aliphatic heterocycles. The minimum Gasteiger partial charge on any atom is -0.325 e. The van der Waals surface area contributed by atoms with Crippen LogP contribution >= 0.6 is 0 Å². The van der Waals surface area contributed by atoms with Gasteiger partial charge in [-0.1, -0.05) is 36.4 Å². The number of hydrogen-bond donors (Lipinski definition) is 2. The predicted molar refractivity (Wildman–Crippen MR) is 106 cm³/mol. The van der Waals surface area contributed by atoms with Crippen LogP contribution in [0.2, 0.25) is 0 Å². The number of piperidine rings is 1. The quantitative estimate of drug-likeness (QED) is 0.739. The Bertz CT molecular complexity index is 1090. The average molecular weight is 359 g/mol. The fourth-order valence-electron chi connectivity index (χ4n) is 4.51. The van der Waals surface area contributed by atoms with E-state index >= 15 is 0 Å². The van der Waals surface area contributed by atoms with E-state index in [2.05, 4.69) is 21.3 Å². The van der Waals surface area contributed by atoms with Crippen molar-refractivity contribution in [3.63, 3.8) is 0 Å². The molecule has 1 amide bonds. The number of pyridine rings is 1. The monoisotopic (exact) mass is 359 g/mol. The number of para-hydroxylation sites is 2. The number of amides is 1. The number of carbonyl (C=O) groups is 1. The van der Waals surface area contributed by atoms with E-state index in [0.29, 0.717) is 6.54 Å². The van der Waals surface area contributed by atoms with Gasteiger partial charge in [-0.15, -0.1) is 0 Å². The number of hydrogen-bond acceptors (Lipinski definition) is 3. The molecule has 1 saturated heterocycles. The maximum atomic E-state index is 12.7. The maximum Gasteiger partial charge on any atom is 0.252 e. The highest BCUT2D eigenvalue weighted by Crippen LogP contribution is 2.44. The first kappa shape index (κ1) is 16.3. The fourth-order valence-corrected chi connectivity index (χ4v) is 4.51. The van der Waals surface area contributed by atoms with E-state index in [4.69, 9.17) is 0 Å². The minimum atomic E-state index is -0.414. The summed E-state index contributed by atoms with van der Waals surface area (Å²) < 4.78 is 0. The smallest absolute Gasteiger partial charge is 0.252 e. The van der Waals surface area contributed by atoms with Crippen LogP contribution in [0.25, 0.3) is 10.9 Å². The van der Waals surface area contributed by atoms with Crippen molar-refractivity contribution in [1.82, 2.24) is 9.88 Å². The highest BCUT2D eigenvalue weighted by Gasteiger charge is 2.48. The molecule has 1 fully saturated rings. The van der Waals surface area contributed by atoms with Gasteiger partial charge in [0.05, 0.1) is 5.41 Å². The van der Waals surface area contributed by atoms with Gasteiger partial charge in [-0.3, -0.25) is 14.5 Å². The molecular formula is C22H21N3O2. The minimum absolute atomic E-state index is 0.0297. The van der Waals surface area contributed by atoms with Crippen LogP contribution < -0.4 is 10.9 Å². The van der Waals surface area contributed by atoms with Crippen LogP contribution in [0.4, 0.5) is 5.69 Å². The van der Waals surface area contributed by atoms with Gasteiger partial charge < -0.3 is 10.3 Å². The van der Waals surface area contributed by atoms with Crippen LogP contribution in [-0.4, -0.2) is 28.9 Å². The van der Waals surface area contributed by atoms with E-state index in [1.165, 1.54) is 0 Å². The number of likely N-dealkylation sites (tertiary alicyclic amines) is 1. The van der Waals surface area contributed by atoms with Crippen molar-refractivity contribution in [3.05, 3.63) is 76.1 Å². The van der Waals surface area contributed by atoms with Crippen molar-refractivity contribution < 1.29 is 4.79 Å². The van der Waals surface area contributed by atoms with Gasteiger partial charge in [-0.05, 0) is 55.1 Å². The zero-order valence-electron chi connectivity index (χ0n) is 15.0. The molecule has 5 nitrogen and oxygen atoms in total. The molecule has 3 aromatic rings. The molecule has 2 aromatic carbocycles. The van der Waals surface area contributed by atoms with Gasteiger partial charge >= 0.3 is 0 Å². The van der Waals surface area contributed by atoms with Crippen molar-refractivity contribution in [2.75, 3.05) is 18.4 Å². The molecule has 2 N–H and O–H groups in total. The number of anilines is 1. The molecule has 2 aliphatic rings. The summed E-state index contributed by atoms with van der Waals surface area (Å²) in [5.41, 5.74) is 3.27. The molecule has 5 heteroatoms. The van der Waals surface area contributed by atoms with Crippen molar-refractivity contribution in [1.29, 1.82) is 0 Å². The van der Waals surface area contributed by atoms with Crippen LogP contribution in [0, 0.1) is 0 Å². The van der Waals surface area contributed by atoms with Gasteiger partial charge in [0.25, 0.3) is 5.56 Å². The number of aromatic nitrogens is 1. The Kier molecular flexibility index (Phi) is 3.65. The molecule has 3 heterocycles. The summed E-state index contributed by atoms with van der Waals surface area (Å²) in [5, 5.41) is 4.09. The highest BCUT2D eigenvalue weighted by molar-refractivity contribution is 6.06. The third kappa shape index (κ3) is 2.58. The summed E-state index contributed by atoms with van der Waals surface area (Å²) in [6.45, 7) is 2.21. The molecule has 1 spiro atoms. The van der Waals surface area contributed by atoms with Gasteiger partial charge in [0.15, 0.2) is 0 Å². The topological polar surface area (TPSA) is 65.2 Å². The Hall–Kier alpha value is -2.92. The lowest BCUT2D eigenvalue weighted by molar-refractivity contribution is -0.122. The summed E-state index contributed by atoms with van der Waals surface area (Å²) in [6.07, 6.45) is 1.56. The second kappa shape index (κ2) is 6.06. The Labute approximate surface area is 157 Å². The number of nitrogens with one attached hydrogen (secondary N) is 2. The van der Waals surface area contributed by atoms with Crippen molar-refractivity contribution in [2.24, 2.45) is 0 Å². The predicted octanol–water partition coefficient (Wildman–Crippen LogP) is 3.01. The molecule has 0 unspecified atom stereocenters. The largest absolute Gasteiger partial charge is 0.325 e. The Morgan fingerprint density at radius 2 is 1.70 bits per heavy atom. The normalized spacial score (nSPS) is 18.6. The molecule has 136 valence electrons. The molecule has 27 heavy (non-hydrogen) atoms. The highest BCUT2D eigenvalue weighted by atomic mass is 16.2.